The molecule has 0 radical (unpaired) electrons. The van der Waals surface area contributed by atoms with E-state index in [2.05, 4.69) is 0 Å². The topological polar surface area (TPSA) is 55.6 Å². The highest BCUT2D eigenvalue weighted by molar-refractivity contribution is 6.42. The Hall–Kier alpha value is -1.75. The van der Waals surface area contributed by atoms with Gasteiger partial charge < -0.3 is 15.4 Å². The predicted molar refractivity (Wildman–Crippen MR) is 106 cm³/mol. The van der Waals surface area contributed by atoms with Gasteiger partial charge in [0.05, 0.1) is 16.7 Å². The Labute approximate surface area is 163 Å². The molecule has 1 fully saturated rings. The molecule has 0 saturated carbocycles. The minimum Gasteiger partial charge on any atom is -0.398 e. The molecule has 2 aromatic rings. The molecule has 1 saturated heterocycles. The number of nitrogens with zero attached hydrogens (tertiary/aromatic N) is 1. The molecule has 4 nitrogen and oxygen atoms in total. The lowest BCUT2D eigenvalue weighted by molar-refractivity contribution is -0.127. The monoisotopic (exact) mass is 392 g/mol. The van der Waals surface area contributed by atoms with Crippen molar-refractivity contribution in [1.29, 1.82) is 0 Å². The van der Waals surface area contributed by atoms with Crippen LogP contribution in [0.15, 0.2) is 42.5 Å². The fourth-order valence-electron chi connectivity index (χ4n) is 3.30. The van der Waals surface area contributed by atoms with Gasteiger partial charge in [0.25, 0.3) is 0 Å². The van der Waals surface area contributed by atoms with Crippen LogP contribution in [0, 0.1) is 0 Å². The molecule has 1 unspecified atom stereocenters. The summed E-state index contributed by atoms with van der Waals surface area (Å²) in [6.07, 6.45) is 1.21. The molecule has 6 heteroatoms. The number of halogens is 2. The third kappa shape index (κ3) is 4.50. The van der Waals surface area contributed by atoms with E-state index >= 15 is 0 Å². The maximum atomic E-state index is 12.3. The highest BCUT2D eigenvalue weighted by Crippen LogP contribution is 2.39. The Morgan fingerprint density at radius 1 is 1.15 bits per heavy atom. The van der Waals surface area contributed by atoms with E-state index in [-0.39, 0.29) is 11.8 Å². The van der Waals surface area contributed by atoms with Crippen molar-refractivity contribution >= 4 is 34.8 Å². The fraction of sp³-hybridized carbons (Fsp3) is 0.350. The van der Waals surface area contributed by atoms with Gasteiger partial charge in [-0.15, -0.1) is 0 Å². The lowest BCUT2D eigenvalue weighted by Gasteiger charge is -2.18. The first kappa shape index (κ1) is 19.0. The van der Waals surface area contributed by atoms with E-state index in [1.165, 1.54) is 0 Å². The first-order valence-electron chi connectivity index (χ1n) is 8.69. The molecule has 3 rings (SSSR count). The Kier molecular flexibility index (Phi) is 6.41. The zero-order chi connectivity index (χ0) is 18.5. The van der Waals surface area contributed by atoms with Crippen molar-refractivity contribution in [2.24, 2.45) is 0 Å². The van der Waals surface area contributed by atoms with Crippen LogP contribution in [-0.4, -0.2) is 30.5 Å². The SMILES string of the molecule is Nc1ccc(Cl)c(Cl)c1C1CC(=O)N(CCCOCc2ccccc2)C1. The van der Waals surface area contributed by atoms with Crippen LogP contribution in [0.25, 0.3) is 0 Å². The summed E-state index contributed by atoms with van der Waals surface area (Å²) in [5, 5.41) is 0.925. The second kappa shape index (κ2) is 8.76. The largest absolute Gasteiger partial charge is 0.398 e. The van der Waals surface area contributed by atoms with Crippen LogP contribution in [0.5, 0.6) is 0 Å². The zero-order valence-corrected chi connectivity index (χ0v) is 16.0. The molecular formula is C20H22Cl2N2O2. The van der Waals surface area contributed by atoms with Crippen LogP contribution >= 0.6 is 23.2 Å². The lowest BCUT2D eigenvalue weighted by Crippen LogP contribution is -2.27. The molecule has 0 aliphatic carbocycles. The number of rotatable bonds is 7. The number of likely N-dealkylation sites (tertiary alicyclic amines) is 1. The van der Waals surface area contributed by atoms with Gasteiger partial charge in [-0.1, -0.05) is 53.5 Å². The normalized spacial score (nSPS) is 17.1. The molecule has 26 heavy (non-hydrogen) atoms. The smallest absolute Gasteiger partial charge is 0.223 e. The summed E-state index contributed by atoms with van der Waals surface area (Å²) in [4.78, 5) is 14.2. The van der Waals surface area contributed by atoms with Gasteiger partial charge in [-0.25, -0.2) is 0 Å². The first-order chi connectivity index (χ1) is 12.6. The minimum absolute atomic E-state index is 0.0149. The van der Waals surface area contributed by atoms with Crippen molar-refractivity contribution in [1.82, 2.24) is 4.90 Å². The Morgan fingerprint density at radius 2 is 1.92 bits per heavy atom. The number of benzene rings is 2. The van der Waals surface area contributed by atoms with E-state index in [4.69, 9.17) is 33.7 Å². The number of amides is 1. The first-order valence-corrected chi connectivity index (χ1v) is 9.44. The number of carbonyl (C=O) groups excluding carboxylic acids is 1. The molecule has 2 aromatic carbocycles. The minimum atomic E-state index is -0.0149. The molecule has 1 amide bonds. The number of nitrogens with two attached hydrogens (primary N) is 1. The van der Waals surface area contributed by atoms with Crippen LogP contribution < -0.4 is 5.73 Å². The average molecular weight is 393 g/mol. The van der Waals surface area contributed by atoms with Crippen molar-refractivity contribution in [3.8, 4) is 0 Å². The molecule has 0 aromatic heterocycles. The summed E-state index contributed by atoms with van der Waals surface area (Å²) in [7, 11) is 0. The van der Waals surface area contributed by atoms with Gasteiger partial charge in [0.1, 0.15) is 0 Å². The van der Waals surface area contributed by atoms with Crippen molar-refractivity contribution in [2.45, 2.75) is 25.4 Å². The van der Waals surface area contributed by atoms with Crippen LogP contribution in [0.3, 0.4) is 0 Å². The maximum absolute atomic E-state index is 12.3. The summed E-state index contributed by atoms with van der Waals surface area (Å²) in [5.74, 6) is 0.104. The fourth-order valence-corrected chi connectivity index (χ4v) is 3.79. The van der Waals surface area contributed by atoms with Gasteiger partial charge in [0, 0.05) is 43.3 Å². The van der Waals surface area contributed by atoms with Crippen LogP contribution in [0.4, 0.5) is 5.69 Å². The van der Waals surface area contributed by atoms with Crippen LogP contribution in [-0.2, 0) is 16.1 Å². The van der Waals surface area contributed by atoms with Gasteiger partial charge in [-0.2, -0.15) is 0 Å². The van der Waals surface area contributed by atoms with Crippen molar-refractivity contribution in [3.05, 3.63) is 63.6 Å². The number of hydrogen-bond acceptors (Lipinski definition) is 3. The molecule has 1 aliphatic heterocycles. The second-order valence-corrected chi connectivity index (χ2v) is 7.28. The molecule has 1 atom stereocenters. The van der Waals surface area contributed by atoms with Crippen LogP contribution in [0.2, 0.25) is 10.0 Å². The van der Waals surface area contributed by atoms with Gasteiger partial charge in [-0.3, -0.25) is 4.79 Å². The van der Waals surface area contributed by atoms with E-state index in [0.717, 1.165) is 17.5 Å². The molecule has 2 N–H and O–H groups in total. The van der Waals surface area contributed by atoms with Crippen molar-refractivity contribution in [2.75, 3.05) is 25.4 Å². The summed E-state index contributed by atoms with van der Waals surface area (Å²) in [6.45, 7) is 2.49. The lowest BCUT2D eigenvalue weighted by atomic mass is 9.96. The van der Waals surface area contributed by atoms with E-state index in [1.807, 2.05) is 35.2 Å². The van der Waals surface area contributed by atoms with E-state index < -0.39 is 0 Å². The summed E-state index contributed by atoms with van der Waals surface area (Å²) in [6, 6.07) is 13.5. The van der Waals surface area contributed by atoms with E-state index in [0.29, 0.717) is 48.5 Å². The molecule has 138 valence electrons. The van der Waals surface area contributed by atoms with Crippen molar-refractivity contribution in [3.63, 3.8) is 0 Å². The Morgan fingerprint density at radius 3 is 2.69 bits per heavy atom. The molecule has 0 spiro atoms. The number of anilines is 1. The maximum Gasteiger partial charge on any atom is 0.223 e. The second-order valence-electron chi connectivity index (χ2n) is 6.50. The number of ether oxygens (including phenoxy) is 1. The van der Waals surface area contributed by atoms with Gasteiger partial charge >= 0.3 is 0 Å². The summed E-state index contributed by atoms with van der Waals surface area (Å²) >= 11 is 12.4. The predicted octanol–water partition coefficient (Wildman–Crippen LogP) is 4.50. The van der Waals surface area contributed by atoms with Crippen molar-refractivity contribution < 1.29 is 9.53 Å². The van der Waals surface area contributed by atoms with E-state index in [9.17, 15) is 4.79 Å². The van der Waals surface area contributed by atoms with Gasteiger partial charge in [0.2, 0.25) is 5.91 Å². The van der Waals surface area contributed by atoms with E-state index in [1.54, 1.807) is 12.1 Å². The molecule has 1 heterocycles. The highest BCUT2D eigenvalue weighted by atomic mass is 35.5. The zero-order valence-electron chi connectivity index (χ0n) is 14.5. The standard InChI is InChI=1S/C20H22Cl2N2O2/c21-16-7-8-17(23)19(20(16)22)15-11-18(25)24(12-15)9-4-10-26-13-14-5-2-1-3-6-14/h1-3,5-8,15H,4,9-13,23H2. The average Bonchev–Trinajstić information content (AvgIpc) is 2.99. The van der Waals surface area contributed by atoms with Gasteiger partial charge in [-0.05, 0) is 24.1 Å². The molecule has 0 bridgehead atoms. The highest BCUT2D eigenvalue weighted by Gasteiger charge is 2.33. The summed E-state index contributed by atoms with van der Waals surface area (Å²) in [5.41, 5.74) is 8.59. The Balaban J connectivity index is 1.49. The van der Waals surface area contributed by atoms with Crippen LogP contribution in [0.1, 0.15) is 29.9 Å². The van der Waals surface area contributed by atoms with Gasteiger partial charge in [0.15, 0.2) is 0 Å². The number of hydrogen-bond donors (Lipinski definition) is 1. The number of nitrogen functional groups attached to an aromatic ring is 1. The quantitative estimate of drug-likeness (QED) is 0.557. The third-order valence-corrected chi connectivity index (χ3v) is 5.44. The molecule has 1 aliphatic rings. The molecular weight excluding hydrogens is 371 g/mol. The number of carbonyl (C=O) groups is 1. The third-order valence-electron chi connectivity index (χ3n) is 4.62. The summed E-state index contributed by atoms with van der Waals surface area (Å²) < 4.78 is 5.68. The Bertz CT molecular complexity index is 768.